The molecule has 9 atom stereocenters. The van der Waals surface area contributed by atoms with Crippen molar-refractivity contribution in [2.24, 2.45) is 23.5 Å². The molecule has 226 valence electrons. The number of carbonyl (C=O) groups excluding carboxylic acids is 1. The number of hydrogen-bond acceptors (Lipinski definition) is 12. The summed E-state index contributed by atoms with van der Waals surface area (Å²) in [5.74, 6) is -1.87. The van der Waals surface area contributed by atoms with Crippen molar-refractivity contribution in [3.05, 3.63) is 42.2 Å². The van der Waals surface area contributed by atoms with E-state index in [-0.39, 0.29) is 55.5 Å². The number of pyridine rings is 1. The van der Waals surface area contributed by atoms with Crippen molar-refractivity contribution in [1.29, 1.82) is 0 Å². The Kier molecular flexibility index (Phi) is 8.15. The van der Waals surface area contributed by atoms with E-state index >= 15 is 4.39 Å². The summed E-state index contributed by atoms with van der Waals surface area (Å²) in [4.78, 5) is 27.9. The molecule has 4 heterocycles. The molecule has 0 aromatic carbocycles. The van der Waals surface area contributed by atoms with Gasteiger partial charge in [0.1, 0.15) is 29.8 Å². The van der Waals surface area contributed by atoms with Gasteiger partial charge >= 0.3 is 13.6 Å². The van der Waals surface area contributed by atoms with Gasteiger partial charge in [-0.1, -0.05) is 24.5 Å². The van der Waals surface area contributed by atoms with Gasteiger partial charge in [0.15, 0.2) is 11.5 Å². The van der Waals surface area contributed by atoms with Gasteiger partial charge in [-0.25, -0.2) is 28.5 Å². The zero-order valence-electron chi connectivity index (χ0n) is 21.9. The maximum Gasteiger partial charge on any atom is 0.386 e. The van der Waals surface area contributed by atoms with Crippen LogP contribution in [0.4, 0.5) is 10.2 Å². The minimum absolute atomic E-state index is 0.0317. The van der Waals surface area contributed by atoms with Gasteiger partial charge in [-0.15, -0.1) is 0 Å². The largest absolute Gasteiger partial charge is 0.386 e. The highest BCUT2D eigenvalue weighted by atomic mass is 32.7. The molecule has 3 aliphatic rings. The van der Waals surface area contributed by atoms with Gasteiger partial charge in [0.25, 0.3) is 5.91 Å². The molecule has 2 unspecified atom stereocenters. The second-order valence-electron chi connectivity index (χ2n) is 10.6. The number of aromatic nitrogens is 5. The van der Waals surface area contributed by atoms with E-state index in [0.29, 0.717) is 17.6 Å². The van der Waals surface area contributed by atoms with Crippen molar-refractivity contribution in [2.75, 3.05) is 25.6 Å². The molecule has 0 radical (unpaired) electrons. The average molecular weight is 660 g/mol. The molecule has 2 aliphatic carbocycles. The number of imidazole rings is 1. The normalized spacial score (nSPS) is 37.5. The van der Waals surface area contributed by atoms with E-state index in [1.54, 1.807) is 12.1 Å². The zero-order chi connectivity index (χ0) is 29.8. The van der Waals surface area contributed by atoms with Crippen LogP contribution in [0.5, 0.6) is 0 Å². The van der Waals surface area contributed by atoms with Crippen molar-refractivity contribution in [2.45, 2.75) is 37.1 Å². The first-order valence-electron chi connectivity index (χ1n) is 13.0. The molecule has 1 saturated heterocycles. The van der Waals surface area contributed by atoms with Gasteiger partial charge in [0.2, 0.25) is 0 Å². The minimum atomic E-state index is -4.07. The van der Waals surface area contributed by atoms with Crippen LogP contribution in [0.2, 0.25) is 0 Å². The van der Waals surface area contributed by atoms with E-state index in [2.05, 4.69) is 44.4 Å². The van der Waals surface area contributed by atoms with Crippen LogP contribution in [-0.2, 0) is 27.2 Å². The Balaban J connectivity index is 1.24. The van der Waals surface area contributed by atoms with Crippen molar-refractivity contribution >= 4 is 61.0 Å². The van der Waals surface area contributed by atoms with E-state index in [4.69, 9.17) is 29.6 Å². The maximum atomic E-state index is 16.1. The molecule has 2 saturated carbocycles. The molecule has 4 N–H and O–H groups in total. The molecule has 0 bridgehead atoms. The molecule has 19 heteroatoms. The van der Waals surface area contributed by atoms with Gasteiger partial charge in [-0.2, -0.15) is 0 Å². The molecule has 6 rings (SSSR count). The van der Waals surface area contributed by atoms with Crippen LogP contribution in [0, 0.1) is 17.8 Å². The van der Waals surface area contributed by atoms with Gasteiger partial charge in [0.05, 0.1) is 32.2 Å². The highest BCUT2D eigenvalue weighted by Gasteiger charge is 2.51. The lowest BCUT2D eigenvalue weighted by Crippen LogP contribution is -2.40. The number of anilines is 1. The number of amides is 1. The van der Waals surface area contributed by atoms with E-state index in [9.17, 15) is 13.9 Å². The number of alkyl halides is 1. The lowest BCUT2D eigenvalue weighted by atomic mass is 9.63. The second kappa shape index (κ2) is 11.4. The minimum Gasteiger partial charge on any atom is -0.382 e. The summed E-state index contributed by atoms with van der Waals surface area (Å²) in [5.41, 5.74) is 12.8. The van der Waals surface area contributed by atoms with Crippen LogP contribution >= 0.6 is 38.1 Å². The Morgan fingerprint density at radius 1 is 1.02 bits per heavy atom. The van der Waals surface area contributed by atoms with Crippen LogP contribution in [0.15, 0.2) is 31.0 Å². The monoisotopic (exact) mass is 659 g/mol. The number of carbonyl (C=O) groups is 1. The van der Waals surface area contributed by atoms with Gasteiger partial charge in [-0.3, -0.25) is 14.3 Å². The molecule has 3 aromatic heterocycles. The fraction of sp³-hybridized carbons (Fsp3) is 0.522. The summed E-state index contributed by atoms with van der Waals surface area (Å²) in [6, 6.07) is 2.49. The number of rotatable bonds is 3. The van der Waals surface area contributed by atoms with Gasteiger partial charge < -0.3 is 29.6 Å². The summed E-state index contributed by atoms with van der Waals surface area (Å²) < 4.78 is 66.8. The Labute approximate surface area is 249 Å². The lowest BCUT2D eigenvalue weighted by Gasteiger charge is -2.45. The van der Waals surface area contributed by atoms with E-state index in [0.717, 1.165) is 5.56 Å². The Hall–Kier alpha value is -2.10. The molecule has 42 heavy (non-hydrogen) atoms. The third-order valence-corrected chi connectivity index (χ3v) is 11.4. The summed E-state index contributed by atoms with van der Waals surface area (Å²) in [6.07, 6.45) is 1.80. The number of hydrogen-bond donors (Lipinski definition) is 4. The number of nitrogens with two attached hydrogens (primary N) is 2. The summed E-state index contributed by atoms with van der Waals surface area (Å²) >= 11 is 8.30. The first-order chi connectivity index (χ1) is 19.9. The summed E-state index contributed by atoms with van der Waals surface area (Å²) in [7, 11) is 0. The first kappa shape index (κ1) is 29.9. The number of nitrogens with zero attached hydrogens (tertiary/aromatic N) is 5. The standard InChI is InChI=1S/C23H28FN7O7P2S2/c24-18-17(31-10-30-19-21(25)28-9-29-23(19)31)5-13-7-35-39(33,41)37-8-15-12(6-36-40(34,42)38-20(13)18)3-14(15)11-1-2-27-16(4-11)22(26)32/h1-2,4,9-10,12-15,17-18,20H,3,5-8H2,(H2,26,32)(H,33,41)(H,34,42)(H2,25,28,29)/t12-,13-,14+,15-,17-,18-,20-,39?,40?/m1/s1. The van der Waals surface area contributed by atoms with Crippen molar-refractivity contribution < 1.29 is 36.4 Å². The van der Waals surface area contributed by atoms with Crippen LogP contribution in [0.3, 0.4) is 0 Å². The van der Waals surface area contributed by atoms with Crippen LogP contribution < -0.4 is 11.5 Å². The predicted octanol–water partition coefficient (Wildman–Crippen LogP) is 3.75. The molecular formula is C23H28FN7O7P2S2. The quantitative estimate of drug-likeness (QED) is 0.235. The fourth-order valence-corrected chi connectivity index (χ4v) is 8.75. The predicted molar refractivity (Wildman–Crippen MR) is 155 cm³/mol. The SMILES string of the molecule is NC(=O)c1cc([C@@H]2C[C@@H]3COP(=O)(S)O[C@@H]4[C@@H](COP(=O)(S)OC[C@H]32)C[C@@H](n2cnc3c(N)ncnc32)[C@H]4F)ccn1. The molecular weight excluding hydrogens is 631 g/mol. The number of primary amides is 1. The van der Waals surface area contributed by atoms with Gasteiger partial charge in [0, 0.05) is 12.1 Å². The Bertz CT molecular complexity index is 1620. The lowest BCUT2D eigenvalue weighted by molar-refractivity contribution is 0.0254. The van der Waals surface area contributed by atoms with E-state index in [1.165, 1.54) is 23.4 Å². The Morgan fingerprint density at radius 2 is 1.76 bits per heavy atom. The number of halogens is 1. The number of thiol groups is 2. The third-order valence-electron chi connectivity index (χ3n) is 8.17. The highest BCUT2D eigenvalue weighted by Crippen LogP contribution is 2.62. The maximum absolute atomic E-state index is 16.1. The molecule has 1 amide bonds. The summed E-state index contributed by atoms with van der Waals surface area (Å²) in [6.45, 7) is -8.32. The first-order valence-corrected chi connectivity index (χ1v) is 18.4. The van der Waals surface area contributed by atoms with Crippen LogP contribution in [0.25, 0.3) is 11.2 Å². The summed E-state index contributed by atoms with van der Waals surface area (Å²) in [5, 5.41) is 0. The van der Waals surface area contributed by atoms with Crippen molar-refractivity contribution in [1.82, 2.24) is 24.5 Å². The van der Waals surface area contributed by atoms with E-state index < -0.39 is 43.7 Å². The topological polar surface area (TPSA) is 197 Å². The third kappa shape index (κ3) is 5.85. The Morgan fingerprint density at radius 3 is 2.55 bits per heavy atom. The van der Waals surface area contributed by atoms with Gasteiger partial charge in [-0.05, 0) is 48.3 Å². The van der Waals surface area contributed by atoms with Crippen LogP contribution in [0.1, 0.15) is 40.9 Å². The smallest absolute Gasteiger partial charge is 0.382 e. The highest BCUT2D eigenvalue weighted by molar-refractivity contribution is 8.44. The van der Waals surface area contributed by atoms with Crippen molar-refractivity contribution in [3.63, 3.8) is 0 Å². The van der Waals surface area contributed by atoms with Crippen molar-refractivity contribution in [3.8, 4) is 0 Å². The molecule has 1 aliphatic heterocycles. The number of fused-ring (bicyclic) bond motifs is 3. The zero-order valence-corrected chi connectivity index (χ0v) is 25.5. The van der Waals surface area contributed by atoms with Crippen LogP contribution in [-0.4, -0.2) is 62.5 Å². The molecule has 14 nitrogen and oxygen atoms in total. The molecule has 3 fully saturated rings. The second-order valence-corrected chi connectivity index (χ2v) is 16.4. The average Bonchev–Trinajstić information content (AvgIpc) is 3.48. The number of nitrogen functional groups attached to an aromatic ring is 1. The molecule has 3 aromatic rings. The fourth-order valence-electron chi connectivity index (χ4n) is 5.97. The molecule has 0 spiro atoms. The van der Waals surface area contributed by atoms with E-state index in [1.807, 2.05) is 0 Å².